The van der Waals surface area contributed by atoms with E-state index in [0.29, 0.717) is 6.61 Å². The van der Waals surface area contributed by atoms with Crippen LogP contribution in [0, 0.1) is 0 Å². The smallest absolute Gasteiger partial charge is 1.00 e. The van der Waals surface area contributed by atoms with Crippen LogP contribution in [0.2, 0.25) is 0 Å². The molecule has 29 heavy (non-hydrogen) atoms. The fourth-order valence-corrected chi connectivity index (χ4v) is 3.06. The molecule has 3 nitrogen and oxygen atoms in total. The quantitative estimate of drug-likeness (QED) is 0.207. The van der Waals surface area contributed by atoms with Crippen LogP contribution < -0.4 is 17.5 Å². The van der Waals surface area contributed by atoms with Gasteiger partial charge in [0.15, 0.2) is 0 Å². The number of hydrogen-bond acceptors (Lipinski definition) is 3. The van der Waals surface area contributed by atoms with Gasteiger partial charge in [-0.15, -0.1) is 29.8 Å². The van der Waals surface area contributed by atoms with Crippen LogP contribution in [0.25, 0.3) is 0 Å². The summed E-state index contributed by atoms with van der Waals surface area (Å²) in [5.41, 5.74) is 0. The maximum atomic E-state index is 10.0. The first-order valence-electron chi connectivity index (χ1n) is 11.2. The van der Waals surface area contributed by atoms with Crippen molar-refractivity contribution in [3.05, 3.63) is 0 Å². The molecule has 0 spiro atoms. The average molecular weight is 488 g/mol. The standard InChI is InChI=1S/C9H19ClO.C9H18ClO.C4H8O.ClH.Mg/c2*10-8-6-4-2-1-3-5-7-9-11;1-2-4-5-3-1;;/h11H,1-9H2;1-9H2;1-4H2;1H;/q;-1;;;+2/p-1. The monoisotopic (exact) mass is 486 g/mol. The Morgan fingerprint density at radius 2 is 0.966 bits per heavy atom. The molecule has 0 unspecified atom stereocenters. The SMILES string of the molecule is C1CCOC1.OCCCCCCCCCCl.[Cl-].[Mg+2].[O-]CCCCCCCCCCl. The van der Waals surface area contributed by atoms with E-state index < -0.39 is 0 Å². The van der Waals surface area contributed by atoms with Crippen LogP contribution in [0.3, 0.4) is 0 Å². The average Bonchev–Trinajstić information content (AvgIpc) is 3.27. The third kappa shape index (κ3) is 44.1. The van der Waals surface area contributed by atoms with Crippen LogP contribution in [0.1, 0.15) is 103 Å². The molecule has 1 heterocycles. The molecule has 1 fully saturated rings. The molecule has 1 aliphatic heterocycles. The number of ether oxygens (including phenoxy) is 1. The topological polar surface area (TPSA) is 52.5 Å². The number of unbranched alkanes of at least 4 members (excludes halogenated alkanes) is 12. The van der Waals surface area contributed by atoms with Crippen molar-refractivity contribution in [2.75, 3.05) is 38.2 Å². The molecule has 0 aliphatic carbocycles. The second kappa shape index (κ2) is 39.9. The first-order valence-corrected chi connectivity index (χ1v) is 12.3. The molecular formula is C22H45Cl3MgO3. The van der Waals surface area contributed by atoms with E-state index in [1.165, 1.54) is 70.6 Å². The zero-order chi connectivity index (χ0) is 20.3. The van der Waals surface area contributed by atoms with E-state index in [4.69, 9.17) is 33.0 Å². The molecule has 1 N–H and O–H groups in total. The maximum absolute atomic E-state index is 10.0. The summed E-state index contributed by atoms with van der Waals surface area (Å²) in [6.07, 6.45) is 19.1. The second-order valence-electron chi connectivity index (χ2n) is 7.07. The van der Waals surface area contributed by atoms with Gasteiger partial charge in [-0.25, -0.2) is 0 Å². The number of rotatable bonds is 16. The van der Waals surface area contributed by atoms with Crippen LogP contribution in [0.5, 0.6) is 0 Å². The predicted molar refractivity (Wildman–Crippen MR) is 124 cm³/mol. The summed E-state index contributed by atoms with van der Waals surface area (Å²) in [4.78, 5) is 0. The van der Waals surface area contributed by atoms with Crippen molar-refractivity contribution in [3.63, 3.8) is 0 Å². The van der Waals surface area contributed by atoms with Gasteiger partial charge in [0, 0.05) is 31.6 Å². The molecule has 1 saturated heterocycles. The van der Waals surface area contributed by atoms with Gasteiger partial charge in [0.05, 0.1) is 0 Å². The van der Waals surface area contributed by atoms with Crippen LogP contribution >= 0.6 is 23.2 Å². The summed E-state index contributed by atoms with van der Waals surface area (Å²) in [5, 5.41) is 18.5. The molecular weight excluding hydrogens is 443 g/mol. The molecule has 1 rings (SSSR count). The van der Waals surface area contributed by atoms with E-state index in [9.17, 15) is 5.11 Å². The summed E-state index contributed by atoms with van der Waals surface area (Å²) < 4.78 is 4.94. The van der Waals surface area contributed by atoms with Gasteiger partial charge in [-0.1, -0.05) is 70.6 Å². The van der Waals surface area contributed by atoms with Crippen LogP contribution in [-0.4, -0.2) is 66.3 Å². The summed E-state index contributed by atoms with van der Waals surface area (Å²) in [6, 6.07) is 0. The van der Waals surface area contributed by atoms with E-state index in [1.807, 2.05) is 0 Å². The molecule has 0 aromatic carbocycles. The summed E-state index contributed by atoms with van der Waals surface area (Å²) >= 11 is 11.1. The van der Waals surface area contributed by atoms with Gasteiger partial charge < -0.3 is 27.4 Å². The Labute approximate surface area is 213 Å². The summed E-state index contributed by atoms with van der Waals surface area (Å²) in [5.74, 6) is 1.59. The zero-order valence-corrected chi connectivity index (χ0v) is 22.3. The largest absolute Gasteiger partial charge is 2.00 e. The molecule has 7 heteroatoms. The second-order valence-corrected chi connectivity index (χ2v) is 7.83. The summed E-state index contributed by atoms with van der Waals surface area (Å²) in [7, 11) is 0. The van der Waals surface area contributed by atoms with Crippen molar-refractivity contribution < 1.29 is 27.4 Å². The normalized spacial score (nSPS) is 12.0. The van der Waals surface area contributed by atoms with Gasteiger partial charge in [0.2, 0.25) is 0 Å². The number of hydrogen-bond donors (Lipinski definition) is 1. The van der Waals surface area contributed by atoms with Crippen molar-refractivity contribution in [1.29, 1.82) is 0 Å². The van der Waals surface area contributed by atoms with Crippen molar-refractivity contribution >= 4 is 46.3 Å². The Balaban J connectivity index is -0.000000165. The fraction of sp³-hybridized carbons (Fsp3) is 1.00. The fourth-order valence-electron chi connectivity index (χ4n) is 2.68. The van der Waals surface area contributed by atoms with Crippen LogP contribution in [-0.2, 0) is 4.74 Å². The number of aliphatic hydroxyl groups is 1. The van der Waals surface area contributed by atoms with Crippen molar-refractivity contribution in [2.45, 2.75) is 103 Å². The molecule has 174 valence electrons. The molecule has 0 aromatic rings. The third-order valence-electron chi connectivity index (χ3n) is 4.40. The van der Waals surface area contributed by atoms with Crippen molar-refractivity contribution in [1.82, 2.24) is 0 Å². The molecule has 0 atom stereocenters. The first-order chi connectivity index (χ1) is 13.3. The van der Waals surface area contributed by atoms with Gasteiger partial charge >= 0.3 is 23.1 Å². The van der Waals surface area contributed by atoms with E-state index in [2.05, 4.69) is 0 Å². The minimum Gasteiger partial charge on any atom is -1.00 e. The van der Waals surface area contributed by atoms with E-state index >= 15 is 0 Å². The third-order valence-corrected chi connectivity index (χ3v) is 4.93. The zero-order valence-electron chi connectivity index (χ0n) is 18.7. The van der Waals surface area contributed by atoms with Gasteiger partial charge in [-0.05, 0) is 32.1 Å². The van der Waals surface area contributed by atoms with E-state index in [0.717, 1.165) is 57.1 Å². The number of alkyl halides is 2. The Morgan fingerprint density at radius 1 is 0.621 bits per heavy atom. The Bertz CT molecular complexity index is 196. The number of aliphatic hydroxyl groups excluding tert-OH is 1. The minimum absolute atomic E-state index is 0. The molecule has 0 radical (unpaired) electrons. The van der Waals surface area contributed by atoms with E-state index in [-0.39, 0.29) is 42.1 Å². The van der Waals surface area contributed by atoms with Gasteiger partial charge in [0.25, 0.3) is 0 Å². The maximum Gasteiger partial charge on any atom is 2.00 e. The molecule has 1 aliphatic rings. The van der Waals surface area contributed by atoms with Crippen molar-refractivity contribution in [3.8, 4) is 0 Å². The van der Waals surface area contributed by atoms with Crippen LogP contribution in [0.4, 0.5) is 0 Å². The Kier molecular flexibility index (Phi) is 52.1. The van der Waals surface area contributed by atoms with Crippen LogP contribution in [0.15, 0.2) is 0 Å². The predicted octanol–water partition coefficient (Wildman–Crippen LogP) is 2.68. The van der Waals surface area contributed by atoms with Gasteiger partial charge in [0.1, 0.15) is 0 Å². The van der Waals surface area contributed by atoms with Crippen molar-refractivity contribution in [2.24, 2.45) is 0 Å². The van der Waals surface area contributed by atoms with E-state index in [1.54, 1.807) is 0 Å². The van der Waals surface area contributed by atoms with Gasteiger partial charge in [-0.3, -0.25) is 0 Å². The molecule has 0 saturated carbocycles. The van der Waals surface area contributed by atoms with Gasteiger partial charge in [-0.2, -0.15) is 0 Å². The Hall–Kier alpha value is 1.52. The molecule has 0 bridgehead atoms. The Morgan fingerprint density at radius 3 is 1.24 bits per heavy atom. The molecule has 0 amide bonds. The minimum atomic E-state index is 0. The molecule has 0 aromatic heterocycles. The first kappa shape index (κ1) is 37.8. The number of halogens is 3. The summed E-state index contributed by atoms with van der Waals surface area (Å²) in [6.45, 7) is 2.45.